The van der Waals surface area contributed by atoms with Gasteiger partial charge in [0.25, 0.3) is 5.91 Å². The Morgan fingerprint density at radius 1 is 1.00 bits per heavy atom. The molecule has 1 amide bonds. The lowest BCUT2D eigenvalue weighted by molar-refractivity contribution is -0.147. The molecule has 1 aliphatic heterocycles. The van der Waals surface area contributed by atoms with Crippen molar-refractivity contribution in [3.63, 3.8) is 0 Å². The van der Waals surface area contributed by atoms with Gasteiger partial charge in [0, 0.05) is 31.9 Å². The monoisotopic (exact) mass is 462 g/mol. The first-order valence-electron chi connectivity index (χ1n) is 10.9. The molecule has 34 heavy (non-hydrogen) atoms. The van der Waals surface area contributed by atoms with Crippen LogP contribution in [0.5, 0.6) is 5.75 Å². The maximum atomic E-state index is 12.9. The van der Waals surface area contributed by atoms with Crippen LogP contribution >= 0.6 is 0 Å². The van der Waals surface area contributed by atoms with Gasteiger partial charge in [-0.05, 0) is 53.3 Å². The molecule has 1 fully saturated rings. The molecule has 1 saturated heterocycles. The third-order valence-electron chi connectivity index (χ3n) is 5.56. The Kier molecular flexibility index (Phi) is 7.16. The van der Waals surface area contributed by atoms with Crippen LogP contribution in [0.25, 0.3) is 11.8 Å². The highest BCUT2D eigenvalue weighted by molar-refractivity contribution is 6.15. The Labute approximate surface area is 197 Å². The number of amides is 1. The fraction of sp³-hybridized carbons (Fsp3) is 0.292. The zero-order valence-electron chi connectivity index (χ0n) is 19.1. The van der Waals surface area contributed by atoms with Gasteiger partial charge < -0.3 is 19.3 Å². The van der Waals surface area contributed by atoms with Gasteiger partial charge >= 0.3 is 5.97 Å². The molecule has 3 aromatic rings. The van der Waals surface area contributed by atoms with Crippen LogP contribution in [0.2, 0.25) is 0 Å². The third-order valence-corrected chi connectivity index (χ3v) is 5.56. The molecule has 10 heteroatoms. The minimum absolute atomic E-state index is 0.130. The van der Waals surface area contributed by atoms with Crippen molar-refractivity contribution in [2.45, 2.75) is 6.92 Å². The van der Waals surface area contributed by atoms with Crippen LogP contribution in [0.15, 0.2) is 54.6 Å². The number of piperazine rings is 1. The highest BCUT2D eigenvalue weighted by Gasteiger charge is 2.24. The van der Waals surface area contributed by atoms with Gasteiger partial charge in [0.05, 0.1) is 7.11 Å². The molecule has 0 saturated carbocycles. The number of anilines is 1. The molecule has 0 N–H and O–H groups in total. The summed E-state index contributed by atoms with van der Waals surface area (Å²) in [6, 6.07) is 17.1. The van der Waals surface area contributed by atoms with Crippen LogP contribution in [0.3, 0.4) is 0 Å². The molecule has 2 heterocycles. The van der Waals surface area contributed by atoms with Gasteiger partial charge in [-0.2, -0.15) is 4.68 Å². The number of aromatic nitrogens is 4. The summed E-state index contributed by atoms with van der Waals surface area (Å²) in [5, 5.41) is 11.3. The lowest BCUT2D eigenvalue weighted by Crippen LogP contribution is -2.50. The number of esters is 1. The number of aryl methyl sites for hydroxylation is 1. The number of hydrogen-bond donors (Lipinski definition) is 0. The molecule has 176 valence electrons. The third kappa shape index (κ3) is 5.40. The first-order valence-corrected chi connectivity index (χ1v) is 10.9. The van der Waals surface area contributed by atoms with Crippen molar-refractivity contribution in [1.29, 1.82) is 0 Å². The van der Waals surface area contributed by atoms with Crippen molar-refractivity contribution in [2.75, 3.05) is 44.8 Å². The first-order chi connectivity index (χ1) is 16.5. The van der Waals surface area contributed by atoms with E-state index in [1.165, 1.54) is 4.68 Å². The Morgan fingerprint density at radius 2 is 1.71 bits per heavy atom. The lowest BCUT2D eigenvalue weighted by atomic mass is 10.2. The van der Waals surface area contributed by atoms with Gasteiger partial charge in [0.2, 0.25) is 0 Å². The van der Waals surface area contributed by atoms with E-state index in [0.29, 0.717) is 32.0 Å². The lowest BCUT2D eigenvalue weighted by Gasteiger charge is -2.36. The number of rotatable bonds is 7. The van der Waals surface area contributed by atoms with Gasteiger partial charge in [0.1, 0.15) is 5.75 Å². The largest absolute Gasteiger partial charge is 0.497 e. The van der Waals surface area contributed by atoms with Gasteiger partial charge in [0.15, 0.2) is 18.1 Å². The second-order valence-corrected chi connectivity index (χ2v) is 7.72. The zero-order valence-corrected chi connectivity index (χ0v) is 19.1. The number of nitrogens with zero attached hydrogens (tertiary/aromatic N) is 6. The van der Waals surface area contributed by atoms with E-state index in [2.05, 4.69) is 20.4 Å². The smallest absolute Gasteiger partial charge is 0.357 e. The van der Waals surface area contributed by atoms with Crippen molar-refractivity contribution in [2.24, 2.45) is 0 Å². The van der Waals surface area contributed by atoms with E-state index >= 15 is 0 Å². The highest BCUT2D eigenvalue weighted by atomic mass is 16.5. The van der Waals surface area contributed by atoms with E-state index in [1.807, 2.05) is 54.6 Å². The van der Waals surface area contributed by atoms with Crippen molar-refractivity contribution in [1.82, 2.24) is 25.1 Å². The van der Waals surface area contributed by atoms with E-state index < -0.39 is 5.97 Å². The number of methoxy groups -OCH3 is 1. The number of tetrazole rings is 1. The van der Waals surface area contributed by atoms with E-state index in [4.69, 9.17) is 9.47 Å². The predicted octanol–water partition coefficient (Wildman–Crippen LogP) is 1.88. The number of ether oxygens (including phenoxy) is 2. The fourth-order valence-electron chi connectivity index (χ4n) is 3.67. The van der Waals surface area contributed by atoms with Crippen LogP contribution in [0, 0.1) is 6.92 Å². The summed E-state index contributed by atoms with van der Waals surface area (Å²) in [4.78, 5) is 29.5. The Morgan fingerprint density at radius 3 is 2.32 bits per heavy atom. The summed E-state index contributed by atoms with van der Waals surface area (Å²) in [6.07, 6.45) is 1.63. The predicted molar refractivity (Wildman–Crippen MR) is 126 cm³/mol. The minimum Gasteiger partial charge on any atom is -0.497 e. The number of hydrogen-bond acceptors (Lipinski definition) is 8. The van der Waals surface area contributed by atoms with Crippen molar-refractivity contribution < 1.29 is 19.1 Å². The minimum atomic E-state index is -0.676. The summed E-state index contributed by atoms with van der Waals surface area (Å²) in [5.41, 5.74) is 1.99. The molecule has 0 atom stereocenters. The quantitative estimate of drug-likeness (QED) is 0.387. The Balaban J connectivity index is 1.35. The molecular weight excluding hydrogens is 436 g/mol. The van der Waals surface area contributed by atoms with Gasteiger partial charge in [-0.15, -0.1) is 5.10 Å². The molecule has 10 nitrogen and oxygen atoms in total. The van der Waals surface area contributed by atoms with Gasteiger partial charge in [-0.3, -0.25) is 4.79 Å². The Bertz CT molecular complexity index is 1150. The van der Waals surface area contributed by atoms with E-state index in [-0.39, 0.29) is 18.2 Å². The molecule has 4 rings (SSSR count). The average molecular weight is 463 g/mol. The number of benzene rings is 2. The van der Waals surface area contributed by atoms with Crippen molar-refractivity contribution in [3.05, 3.63) is 66.0 Å². The maximum absolute atomic E-state index is 12.9. The standard InChI is InChI=1S/C24H26N6O4/c1-18-25-26-27-30(18)22(16-19-6-4-3-5-7-19)24(32)34-17-23(31)29-14-12-28(13-15-29)20-8-10-21(33-2)11-9-20/h3-11,16H,12-15,17H2,1-2H3/b22-16-. The van der Waals surface area contributed by atoms with Gasteiger partial charge in [-0.25, -0.2) is 4.79 Å². The highest BCUT2D eigenvalue weighted by Crippen LogP contribution is 2.20. The molecule has 0 unspecified atom stereocenters. The molecule has 0 bridgehead atoms. The molecule has 0 aliphatic carbocycles. The summed E-state index contributed by atoms with van der Waals surface area (Å²) in [6.45, 7) is 3.79. The Hall–Kier alpha value is -4.21. The number of carbonyl (C=O) groups is 2. The molecule has 1 aromatic heterocycles. The summed E-state index contributed by atoms with van der Waals surface area (Å²) in [5.74, 6) is 0.316. The summed E-state index contributed by atoms with van der Waals surface area (Å²) >= 11 is 0. The van der Waals surface area contributed by atoms with Crippen LogP contribution in [-0.4, -0.2) is 76.9 Å². The van der Waals surface area contributed by atoms with Crippen LogP contribution in [-0.2, 0) is 14.3 Å². The van der Waals surface area contributed by atoms with Crippen LogP contribution < -0.4 is 9.64 Å². The number of carbonyl (C=O) groups excluding carboxylic acids is 2. The van der Waals surface area contributed by atoms with E-state index in [1.54, 1.807) is 25.0 Å². The average Bonchev–Trinajstić information content (AvgIpc) is 3.31. The van der Waals surface area contributed by atoms with Crippen LogP contribution in [0.4, 0.5) is 5.69 Å². The SMILES string of the molecule is COc1ccc(N2CCN(C(=O)COC(=O)/C(=C/c3ccccc3)n3nnnc3C)CC2)cc1. The summed E-state index contributed by atoms with van der Waals surface area (Å²) in [7, 11) is 1.64. The summed E-state index contributed by atoms with van der Waals surface area (Å²) < 4.78 is 11.9. The van der Waals surface area contributed by atoms with E-state index in [9.17, 15) is 9.59 Å². The second-order valence-electron chi connectivity index (χ2n) is 7.72. The van der Waals surface area contributed by atoms with Crippen molar-refractivity contribution in [3.8, 4) is 5.75 Å². The second kappa shape index (κ2) is 10.6. The zero-order chi connectivity index (χ0) is 23.9. The fourth-order valence-corrected chi connectivity index (χ4v) is 3.67. The molecule has 0 radical (unpaired) electrons. The molecular formula is C24H26N6O4. The maximum Gasteiger partial charge on any atom is 0.357 e. The molecule has 2 aromatic carbocycles. The van der Waals surface area contributed by atoms with E-state index in [0.717, 1.165) is 17.0 Å². The topological polar surface area (TPSA) is 103 Å². The normalized spacial score (nSPS) is 14.1. The van der Waals surface area contributed by atoms with Gasteiger partial charge in [-0.1, -0.05) is 30.3 Å². The molecule has 1 aliphatic rings. The van der Waals surface area contributed by atoms with Crippen LogP contribution in [0.1, 0.15) is 11.4 Å². The molecule has 0 spiro atoms. The first kappa shape index (κ1) is 23.0. The van der Waals surface area contributed by atoms with Crippen molar-refractivity contribution >= 4 is 29.3 Å².